The van der Waals surface area contributed by atoms with Crippen LogP contribution in [-0.2, 0) is 4.79 Å². The molecule has 28 heavy (non-hydrogen) atoms. The molecule has 1 aliphatic heterocycles. The molecule has 1 aliphatic rings. The molecule has 1 saturated heterocycles. The van der Waals surface area contributed by atoms with E-state index in [0.717, 1.165) is 11.1 Å². The minimum atomic E-state index is -0.230. The molecule has 140 valence electrons. The summed E-state index contributed by atoms with van der Waals surface area (Å²) in [6, 6.07) is 16.6. The first kappa shape index (κ1) is 18.9. The van der Waals surface area contributed by atoms with Crippen molar-refractivity contribution in [2.24, 2.45) is 4.99 Å². The van der Waals surface area contributed by atoms with Crippen LogP contribution in [-0.4, -0.2) is 11.1 Å². The van der Waals surface area contributed by atoms with E-state index >= 15 is 0 Å². The quantitative estimate of drug-likeness (QED) is 0.487. The molecule has 3 aromatic rings. The average molecular weight is 429 g/mol. The van der Waals surface area contributed by atoms with E-state index in [-0.39, 0.29) is 5.91 Å². The predicted octanol–water partition coefficient (Wildman–Crippen LogP) is 6.45. The summed E-state index contributed by atoms with van der Waals surface area (Å²) >= 11 is 13.5. The molecule has 0 saturated carbocycles. The van der Waals surface area contributed by atoms with Crippen LogP contribution in [0.3, 0.4) is 0 Å². The van der Waals surface area contributed by atoms with Crippen LogP contribution < -0.4 is 5.32 Å². The van der Waals surface area contributed by atoms with E-state index in [2.05, 4.69) is 10.3 Å². The van der Waals surface area contributed by atoms with E-state index in [0.29, 0.717) is 37.3 Å². The summed E-state index contributed by atoms with van der Waals surface area (Å²) in [5.74, 6) is 1.03. The second kappa shape index (κ2) is 7.87. The van der Waals surface area contributed by atoms with E-state index < -0.39 is 0 Å². The van der Waals surface area contributed by atoms with Crippen molar-refractivity contribution >= 4 is 57.8 Å². The number of hydrogen-bond donors (Lipinski definition) is 1. The lowest BCUT2D eigenvalue weighted by atomic mass is 10.1. The van der Waals surface area contributed by atoms with Crippen molar-refractivity contribution in [3.05, 3.63) is 80.9 Å². The van der Waals surface area contributed by atoms with Gasteiger partial charge in [-0.25, -0.2) is 4.99 Å². The largest absolute Gasteiger partial charge is 0.457 e. The fourth-order valence-electron chi connectivity index (χ4n) is 2.59. The highest BCUT2D eigenvalue weighted by molar-refractivity contribution is 8.18. The number of halogens is 2. The molecule has 7 heteroatoms. The summed E-state index contributed by atoms with van der Waals surface area (Å²) < 4.78 is 5.86. The van der Waals surface area contributed by atoms with Gasteiger partial charge in [-0.15, -0.1) is 0 Å². The minimum absolute atomic E-state index is 0.230. The number of aryl methyl sites for hydroxylation is 1. The Bertz CT molecular complexity index is 1130. The van der Waals surface area contributed by atoms with Crippen LogP contribution in [0.15, 0.2) is 68.9 Å². The highest BCUT2D eigenvalue weighted by Crippen LogP contribution is 2.32. The lowest BCUT2D eigenvalue weighted by Crippen LogP contribution is -2.19. The monoisotopic (exact) mass is 428 g/mol. The topological polar surface area (TPSA) is 54.6 Å². The van der Waals surface area contributed by atoms with Crippen molar-refractivity contribution in [3.63, 3.8) is 0 Å². The molecule has 1 amide bonds. The standard InChI is InChI=1S/C21H14Cl2N2O2S/c1-12-6-7-13(10-16(12)23)18-9-8-14(27-18)11-19-20(26)25-21(28-19)24-17-5-3-2-4-15(17)22/h2-11H,1H3,(H,24,25,26)/b19-11+. The molecule has 0 spiro atoms. The average Bonchev–Trinajstić information content (AvgIpc) is 3.27. The number of para-hydroxylation sites is 1. The zero-order valence-electron chi connectivity index (χ0n) is 14.7. The SMILES string of the molecule is Cc1ccc(-c2ccc(/C=C3/SC(=Nc4ccccc4Cl)NC3=O)o2)cc1Cl. The first-order valence-electron chi connectivity index (χ1n) is 8.40. The highest BCUT2D eigenvalue weighted by atomic mass is 35.5. The Balaban J connectivity index is 1.56. The summed E-state index contributed by atoms with van der Waals surface area (Å²) in [4.78, 5) is 17.1. The lowest BCUT2D eigenvalue weighted by Gasteiger charge is -2.00. The first-order valence-corrected chi connectivity index (χ1v) is 9.97. The molecule has 0 bridgehead atoms. The van der Waals surface area contributed by atoms with Crippen molar-refractivity contribution in [3.8, 4) is 11.3 Å². The van der Waals surface area contributed by atoms with Crippen molar-refractivity contribution in [1.29, 1.82) is 0 Å². The molecule has 0 aliphatic carbocycles. The van der Waals surface area contributed by atoms with E-state index in [1.54, 1.807) is 18.2 Å². The summed E-state index contributed by atoms with van der Waals surface area (Å²) in [5.41, 5.74) is 2.48. The van der Waals surface area contributed by atoms with E-state index in [1.807, 2.05) is 49.4 Å². The van der Waals surface area contributed by atoms with Gasteiger partial charge in [-0.05, 0) is 54.6 Å². The third kappa shape index (κ3) is 4.02. The molecule has 2 heterocycles. The van der Waals surface area contributed by atoms with Gasteiger partial charge in [-0.3, -0.25) is 4.79 Å². The molecular formula is C21H14Cl2N2O2S. The second-order valence-corrected chi connectivity index (χ2v) is 7.94. The van der Waals surface area contributed by atoms with Gasteiger partial charge in [0.1, 0.15) is 11.5 Å². The van der Waals surface area contributed by atoms with Gasteiger partial charge in [0.15, 0.2) is 5.17 Å². The number of benzene rings is 2. The van der Waals surface area contributed by atoms with E-state index in [4.69, 9.17) is 27.6 Å². The third-order valence-electron chi connectivity index (χ3n) is 4.08. The second-order valence-electron chi connectivity index (χ2n) is 6.10. The van der Waals surface area contributed by atoms with Gasteiger partial charge in [0.05, 0.1) is 15.6 Å². The normalized spacial score (nSPS) is 16.8. The molecule has 1 aromatic heterocycles. The first-order chi connectivity index (χ1) is 13.5. The Morgan fingerprint density at radius 3 is 2.68 bits per heavy atom. The van der Waals surface area contributed by atoms with Gasteiger partial charge in [-0.2, -0.15) is 0 Å². The van der Waals surface area contributed by atoms with Crippen LogP contribution in [0.5, 0.6) is 0 Å². The molecule has 4 rings (SSSR count). The van der Waals surface area contributed by atoms with Gasteiger partial charge in [0.2, 0.25) is 0 Å². The van der Waals surface area contributed by atoms with Crippen molar-refractivity contribution < 1.29 is 9.21 Å². The number of thioether (sulfide) groups is 1. The molecule has 0 unspecified atom stereocenters. The third-order valence-corrected chi connectivity index (χ3v) is 5.72. The summed E-state index contributed by atoms with van der Waals surface area (Å²) in [7, 11) is 0. The number of aliphatic imine (C=N–C) groups is 1. The van der Waals surface area contributed by atoms with Gasteiger partial charge in [-0.1, -0.05) is 47.5 Å². The van der Waals surface area contributed by atoms with Gasteiger partial charge in [0, 0.05) is 16.7 Å². The number of nitrogens with zero attached hydrogens (tertiary/aromatic N) is 1. The van der Waals surface area contributed by atoms with Crippen LogP contribution in [0.2, 0.25) is 10.0 Å². The number of hydrogen-bond acceptors (Lipinski definition) is 4. The van der Waals surface area contributed by atoms with Crippen LogP contribution in [0.1, 0.15) is 11.3 Å². The Labute approximate surface area is 176 Å². The number of carbonyl (C=O) groups excluding carboxylic acids is 1. The van der Waals surface area contributed by atoms with Crippen LogP contribution in [0, 0.1) is 6.92 Å². The van der Waals surface area contributed by atoms with Crippen LogP contribution >= 0.6 is 35.0 Å². The molecule has 0 radical (unpaired) electrons. The molecule has 0 atom stereocenters. The smallest absolute Gasteiger partial charge is 0.264 e. The maximum Gasteiger partial charge on any atom is 0.264 e. The molecule has 1 fully saturated rings. The molecule has 2 aromatic carbocycles. The maximum absolute atomic E-state index is 12.2. The highest BCUT2D eigenvalue weighted by Gasteiger charge is 2.24. The molecule has 4 nitrogen and oxygen atoms in total. The number of rotatable bonds is 3. The Hall–Kier alpha value is -2.47. The van der Waals surface area contributed by atoms with Crippen LogP contribution in [0.25, 0.3) is 17.4 Å². The number of amides is 1. The maximum atomic E-state index is 12.2. The Kier molecular flexibility index (Phi) is 5.31. The Morgan fingerprint density at radius 2 is 1.89 bits per heavy atom. The van der Waals surface area contributed by atoms with Crippen LogP contribution in [0.4, 0.5) is 5.69 Å². The molecule has 1 N–H and O–H groups in total. The lowest BCUT2D eigenvalue weighted by molar-refractivity contribution is -0.115. The number of nitrogens with one attached hydrogen (secondary N) is 1. The molecular weight excluding hydrogens is 415 g/mol. The number of carbonyl (C=O) groups is 1. The zero-order valence-corrected chi connectivity index (χ0v) is 17.0. The van der Waals surface area contributed by atoms with Crippen molar-refractivity contribution in [2.45, 2.75) is 6.92 Å². The number of amidine groups is 1. The Morgan fingerprint density at radius 1 is 1.07 bits per heavy atom. The summed E-state index contributed by atoms with van der Waals surface area (Å²) in [6.07, 6.45) is 1.69. The fourth-order valence-corrected chi connectivity index (χ4v) is 3.77. The number of furan rings is 1. The van der Waals surface area contributed by atoms with E-state index in [9.17, 15) is 4.79 Å². The summed E-state index contributed by atoms with van der Waals surface area (Å²) in [6.45, 7) is 1.95. The fraction of sp³-hybridized carbons (Fsp3) is 0.0476. The van der Waals surface area contributed by atoms with Gasteiger partial charge in [0.25, 0.3) is 5.91 Å². The van der Waals surface area contributed by atoms with Gasteiger partial charge < -0.3 is 9.73 Å². The minimum Gasteiger partial charge on any atom is -0.457 e. The zero-order chi connectivity index (χ0) is 19.7. The summed E-state index contributed by atoms with van der Waals surface area (Å²) in [5, 5.41) is 4.42. The van der Waals surface area contributed by atoms with Crippen molar-refractivity contribution in [2.75, 3.05) is 0 Å². The predicted molar refractivity (Wildman–Crippen MR) is 116 cm³/mol. The van der Waals surface area contributed by atoms with Gasteiger partial charge >= 0.3 is 0 Å². The van der Waals surface area contributed by atoms with Crippen molar-refractivity contribution in [1.82, 2.24) is 5.32 Å². The van der Waals surface area contributed by atoms with E-state index in [1.165, 1.54) is 11.8 Å².